The highest BCUT2D eigenvalue weighted by Gasteiger charge is 2.22. The number of aromatic nitrogens is 1. The Balaban J connectivity index is 2.35. The van der Waals surface area contributed by atoms with Crippen molar-refractivity contribution in [2.45, 2.75) is 26.8 Å². The van der Waals surface area contributed by atoms with Crippen molar-refractivity contribution in [1.82, 2.24) is 9.47 Å². The van der Waals surface area contributed by atoms with Crippen LogP contribution in [0.15, 0.2) is 11.0 Å². The standard InChI is InChI=1S/C14H22N2O2/c1-10-11(2)15(4)9-13(14(10)17)12(3)16-5-7-18-8-6-16/h9,12H,5-8H2,1-4H3. The summed E-state index contributed by atoms with van der Waals surface area (Å²) in [5, 5.41) is 0. The summed E-state index contributed by atoms with van der Waals surface area (Å²) in [6.45, 7) is 9.32. The van der Waals surface area contributed by atoms with Gasteiger partial charge in [-0.2, -0.15) is 0 Å². The van der Waals surface area contributed by atoms with E-state index >= 15 is 0 Å². The van der Waals surface area contributed by atoms with Gasteiger partial charge in [0.1, 0.15) is 0 Å². The van der Waals surface area contributed by atoms with Gasteiger partial charge in [-0.05, 0) is 20.8 Å². The number of aryl methyl sites for hydroxylation is 1. The quantitative estimate of drug-likeness (QED) is 0.795. The molecule has 0 spiro atoms. The third kappa shape index (κ3) is 2.35. The molecule has 0 amide bonds. The van der Waals surface area contributed by atoms with Gasteiger partial charge in [-0.15, -0.1) is 0 Å². The molecule has 2 heterocycles. The molecule has 0 radical (unpaired) electrons. The number of morpholine rings is 1. The molecule has 18 heavy (non-hydrogen) atoms. The molecule has 2 rings (SSSR count). The van der Waals surface area contributed by atoms with Gasteiger partial charge in [-0.25, -0.2) is 0 Å². The molecule has 0 saturated carbocycles. The van der Waals surface area contributed by atoms with E-state index in [9.17, 15) is 4.79 Å². The van der Waals surface area contributed by atoms with Crippen molar-refractivity contribution in [3.8, 4) is 0 Å². The number of pyridine rings is 1. The first-order valence-corrected chi connectivity index (χ1v) is 6.51. The van der Waals surface area contributed by atoms with Crippen LogP contribution in [0.5, 0.6) is 0 Å². The first kappa shape index (κ1) is 13.3. The van der Waals surface area contributed by atoms with Gasteiger partial charge >= 0.3 is 0 Å². The maximum Gasteiger partial charge on any atom is 0.189 e. The van der Waals surface area contributed by atoms with Crippen LogP contribution in [0, 0.1) is 13.8 Å². The number of rotatable bonds is 2. The van der Waals surface area contributed by atoms with Crippen LogP contribution in [0.4, 0.5) is 0 Å². The minimum atomic E-state index is 0.159. The molecule has 0 bridgehead atoms. The monoisotopic (exact) mass is 250 g/mol. The van der Waals surface area contributed by atoms with E-state index in [4.69, 9.17) is 4.74 Å². The highest BCUT2D eigenvalue weighted by atomic mass is 16.5. The van der Waals surface area contributed by atoms with Gasteiger partial charge in [0, 0.05) is 49.2 Å². The molecule has 1 aliphatic rings. The van der Waals surface area contributed by atoms with Crippen LogP contribution < -0.4 is 5.43 Å². The second-order valence-electron chi connectivity index (χ2n) is 5.06. The molecule has 0 N–H and O–H groups in total. The average molecular weight is 250 g/mol. The van der Waals surface area contributed by atoms with Crippen LogP contribution in [0.25, 0.3) is 0 Å². The summed E-state index contributed by atoms with van der Waals surface area (Å²) in [6, 6.07) is 0.159. The smallest absolute Gasteiger partial charge is 0.189 e. The molecule has 0 aromatic carbocycles. The average Bonchev–Trinajstić information content (AvgIpc) is 2.41. The molecule has 1 aromatic rings. The Hall–Kier alpha value is -1.13. The lowest BCUT2D eigenvalue weighted by Gasteiger charge is -2.32. The molecule has 1 atom stereocenters. The summed E-state index contributed by atoms with van der Waals surface area (Å²) in [5.74, 6) is 0. The number of ether oxygens (including phenoxy) is 1. The maximum atomic E-state index is 12.4. The zero-order chi connectivity index (χ0) is 13.3. The van der Waals surface area contributed by atoms with Gasteiger partial charge in [-0.3, -0.25) is 9.69 Å². The predicted molar refractivity (Wildman–Crippen MR) is 72.0 cm³/mol. The molecule has 0 aliphatic carbocycles. The topological polar surface area (TPSA) is 34.5 Å². The molecular formula is C14H22N2O2. The second kappa shape index (κ2) is 5.24. The predicted octanol–water partition coefficient (Wildman–Crippen LogP) is 1.40. The van der Waals surface area contributed by atoms with E-state index in [1.807, 2.05) is 31.7 Å². The third-order valence-electron chi connectivity index (χ3n) is 4.05. The largest absolute Gasteiger partial charge is 0.379 e. The Morgan fingerprint density at radius 3 is 2.50 bits per heavy atom. The summed E-state index contributed by atoms with van der Waals surface area (Å²) < 4.78 is 7.40. The van der Waals surface area contributed by atoms with Crippen molar-refractivity contribution in [3.05, 3.63) is 33.2 Å². The molecule has 1 aromatic heterocycles. The summed E-state index contributed by atoms with van der Waals surface area (Å²) in [7, 11) is 2.00. The number of hydrogen-bond donors (Lipinski definition) is 0. The summed E-state index contributed by atoms with van der Waals surface area (Å²) in [5.41, 5.74) is 2.97. The Morgan fingerprint density at radius 2 is 1.89 bits per heavy atom. The Morgan fingerprint density at radius 1 is 1.28 bits per heavy atom. The van der Waals surface area contributed by atoms with E-state index in [0.717, 1.165) is 43.1 Å². The zero-order valence-corrected chi connectivity index (χ0v) is 11.7. The van der Waals surface area contributed by atoms with Crippen molar-refractivity contribution >= 4 is 0 Å². The van der Waals surface area contributed by atoms with Gasteiger partial charge in [0.2, 0.25) is 0 Å². The van der Waals surface area contributed by atoms with E-state index in [2.05, 4.69) is 11.8 Å². The fraction of sp³-hybridized carbons (Fsp3) is 0.643. The van der Waals surface area contributed by atoms with Crippen molar-refractivity contribution in [3.63, 3.8) is 0 Å². The van der Waals surface area contributed by atoms with Crippen molar-refractivity contribution < 1.29 is 4.74 Å². The van der Waals surface area contributed by atoms with E-state index in [1.165, 1.54) is 0 Å². The zero-order valence-electron chi connectivity index (χ0n) is 11.7. The van der Waals surface area contributed by atoms with Crippen molar-refractivity contribution in [2.75, 3.05) is 26.3 Å². The summed E-state index contributed by atoms with van der Waals surface area (Å²) in [4.78, 5) is 14.7. The van der Waals surface area contributed by atoms with Gasteiger partial charge in [0.25, 0.3) is 0 Å². The van der Waals surface area contributed by atoms with Gasteiger partial charge in [-0.1, -0.05) is 0 Å². The van der Waals surface area contributed by atoms with Crippen molar-refractivity contribution in [2.24, 2.45) is 7.05 Å². The number of hydrogen-bond acceptors (Lipinski definition) is 3. The first-order valence-electron chi connectivity index (χ1n) is 6.51. The summed E-state index contributed by atoms with van der Waals surface area (Å²) in [6.07, 6.45) is 1.98. The lowest BCUT2D eigenvalue weighted by atomic mass is 10.0. The van der Waals surface area contributed by atoms with Crippen LogP contribution in [0.1, 0.15) is 29.8 Å². The van der Waals surface area contributed by atoms with E-state index in [0.29, 0.717) is 0 Å². The molecule has 1 saturated heterocycles. The summed E-state index contributed by atoms with van der Waals surface area (Å²) >= 11 is 0. The maximum absolute atomic E-state index is 12.4. The minimum absolute atomic E-state index is 0.159. The molecule has 1 aliphatic heterocycles. The van der Waals surface area contributed by atoms with Crippen LogP contribution in [-0.2, 0) is 11.8 Å². The van der Waals surface area contributed by atoms with Crippen molar-refractivity contribution in [1.29, 1.82) is 0 Å². The van der Waals surface area contributed by atoms with Crippen LogP contribution in [0.3, 0.4) is 0 Å². The highest BCUT2D eigenvalue weighted by molar-refractivity contribution is 5.26. The molecule has 4 nitrogen and oxygen atoms in total. The fourth-order valence-electron chi connectivity index (χ4n) is 2.47. The highest BCUT2D eigenvalue weighted by Crippen LogP contribution is 2.19. The third-order valence-corrected chi connectivity index (χ3v) is 4.05. The van der Waals surface area contributed by atoms with Gasteiger partial charge in [0.05, 0.1) is 13.2 Å². The Bertz CT molecular complexity index is 487. The van der Waals surface area contributed by atoms with Crippen LogP contribution in [0.2, 0.25) is 0 Å². The first-order chi connectivity index (χ1) is 8.52. The van der Waals surface area contributed by atoms with Gasteiger partial charge < -0.3 is 9.30 Å². The lowest BCUT2D eigenvalue weighted by Crippen LogP contribution is -2.40. The second-order valence-corrected chi connectivity index (χ2v) is 5.06. The normalized spacial score (nSPS) is 18.9. The SMILES string of the molecule is Cc1c(C)n(C)cc(C(C)N2CCOCC2)c1=O. The van der Waals surface area contributed by atoms with E-state index < -0.39 is 0 Å². The number of nitrogens with zero attached hydrogens (tertiary/aromatic N) is 2. The van der Waals surface area contributed by atoms with Crippen LogP contribution in [-0.4, -0.2) is 35.8 Å². The van der Waals surface area contributed by atoms with E-state index in [-0.39, 0.29) is 11.5 Å². The fourth-order valence-corrected chi connectivity index (χ4v) is 2.47. The lowest BCUT2D eigenvalue weighted by molar-refractivity contribution is 0.0195. The van der Waals surface area contributed by atoms with Crippen LogP contribution >= 0.6 is 0 Å². The molecule has 1 unspecified atom stereocenters. The van der Waals surface area contributed by atoms with E-state index in [1.54, 1.807) is 0 Å². The Kier molecular flexibility index (Phi) is 3.88. The van der Waals surface area contributed by atoms with Gasteiger partial charge in [0.15, 0.2) is 5.43 Å². The molecular weight excluding hydrogens is 228 g/mol. The molecule has 100 valence electrons. The Labute approximate surface area is 108 Å². The molecule has 4 heteroatoms. The minimum Gasteiger partial charge on any atom is -0.379 e. The molecule has 1 fully saturated rings.